The summed E-state index contributed by atoms with van der Waals surface area (Å²) in [5, 5.41) is 0. The zero-order chi connectivity index (χ0) is 9.68. The van der Waals surface area contributed by atoms with Gasteiger partial charge in [0.2, 0.25) is 11.3 Å². The molecule has 13 heavy (non-hydrogen) atoms. The summed E-state index contributed by atoms with van der Waals surface area (Å²) in [6.45, 7) is 6.58. The van der Waals surface area contributed by atoms with Gasteiger partial charge in [-0.1, -0.05) is 13.3 Å². The van der Waals surface area contributed by atoms with Crippen LogP contribution in [0.1, 0.15) is 19.8 Å². The summed E-state index contributed by atoms with van der Waals surface area (Å²) in [7, 11) is 0. The number of hydrogen-bond acceptors (Lipinski definition) is 2. The fourth-order valence-corrected chi connectivity index (χ4v) is 1.97. The highest BCUT2D eigenvalue weighted by atomic mass is 32.2. The maximum atomic E-state index is 10.7. The van der Waals surface area contributed by atoms with Crippen LogP contribution in [0.15, 0.2) is 0 Å². The van der Waals surface area contributed by atoms with Crippen LogP contribution in [-0.4, -0.2) is 50.7 Å². The molecule has 4 nitrogen and oxygen atoms in total. The Morgan fingerprint density at radius 2 is 1.92 bits per heavy atom. The van der Waals surface area contributed by atoms with Gasteiger partial charge in [-0.05, 0) is 13.0 Å². The third kappa shape index (κ3) is 3.72. The first-order valence-electron chi connectivity index (χ1n) is 4.82. The van der Waals surface area contributed by atoms with Crippen LogP contribution in [0.3, 0.4) is 0 Å². The molecule has 1 heterocycles. The molecule has 0 bridgehead atoms. The van der Waals surface area contributed by atoms with E-state index >= 15 is 0 Å². The standard InChI is InChI=1S/C8H18N2O2S/c1-2-3-4-9-5-7-10(8-6-9)13(11)12/h2-8H2,1H3,(H,11,12). The molecule has 0 saturated carbocycles. The lowest BCUT2D eigenvalue weighted by Crippen LogP contribution is -2.46. The summed E-state index contributed by atoms with van der Waals surface area (Å²) in [6.07, 6.45) is 2.44. The average Bonchev–Trinajstić information content (AvgIpc) is 2.15. The van der Waals surface area contributed by atoms with E-state index in [2.05, 4.69) is 11.8 Å². The fourth-order valence-electron chi connectivity index (χ4n) is 1.49. The zero-order valence-electron chi connectivity index (χ0n) is 8.11. The zero-order valence-corrected chi connectivity index (χ0v) is 8.92. The molecule has 0 spiro atoms. The maximum Gasteiger partial charge on any atom is 0.234 e. The van der Waals surface area contributed by atoms with Gasteiger partial charge in [0.1, 0.15) is 0 Å². The second-order valence-corrected chi connectivity index (χ2v) is 4.33. The summed E-state index contributed by atoms with van der Waals surface area (Å²) < 4.78 is 21.1. The van der Waals surface area contributed by atoms with Crippen molar-refractivity contribution in [3.8, 4) is 0 Å². The van der Waals surface area contributed by atoms with Gasteiger partial charge >= 0.3 is 0 Å². The van der Waals surface area contributed by atoms with E-state index in [0.29, 0.717) is 13.1 Å². The quantitative estimate of drug-likeness (QED) is 0.683. The molecular formula is C8H18N2O2S. The summed E-state index contributed by atoms with van der Waals surface area (Å²) in [5.74, 6) is 0. The topological polar surface area (TPSA) is 43.8 Å². The first kappa shape index (κ1) is 11.1. The number of rotatable bonds is 4. The highest BCUT2D eigenvalue weighted by Gasteiger charge is 2.19. The molecule has 1 saturated heterocycles. The van der Waals surface area contributed by atoms with Crippen LogP contribution in [-0.2, 0) is 11.3 Å². The highest BCUT2D eigenvalue weighted by molar-refractivity contribution is 7.76. The van der Waals surface area contributed by atoms with Crippen molar-refractivity contribution < 1.29 is 8.76 Å². The number of piperazine rings is 1. The molecule has 1 fully saturated rings. The Balaban J connectivity index is 2.18. The monoisotopic (exact) mass is 206 g/mol. The third-order valence-electron chi connectivity index (χ3n) is 2.38. The SMILES string of the molecule is CCCCN1CCN(S(=O)O)CC1. The van der Waals surface area contributed by atoms with Crippen LogP contribution < -0.4 is 0 Å². The van der Waals surface area contributed by atoms with Gasteiger partial charge in [-0.2, -0.15) is 4.31 Å². The van der Waals surface area contributed by atoms with Gasteiger partial charge in [0, 0.05) is 26.2 Å². The predicted octanol–water partition coefficient (Wildman–Crippen LogP) is 0.541. The van der Waals surface area contributed by atoms with Gasteiger partial charge < -0.3 is 4.90 Å². The lowest BCUT2D eigenvalue weighted by molar-refractivity contribution is 0.185. The van der Waals surface area contributed by atoms with Crippen molar-refractivity contribution >= 4 is 11.3 Å². The summed E-state index contributed by atoms with van der Waals surface area (Å²) in [5.41, 5.74) is 0. The van der Waals surface area contributed by atoms with E-state index in [9.17, 15) is 4.21 Å². The molecular weight excluding hydrogens is 188 g/mol. The second-order valence-electron chi connectivity index (χ2n) is 3.35. The molecule has 0 amide bonds. The Morgan fingerprint density at radius 3 is 2.38 bits per heavy atom. The van der Waals surface area contributed by atoms with E-state index in [-0.39, 0.29) is 0 Å². The fraction of sp³-hybridized carbons (Fsp3) is 1.00. The molecule has 78 valence electrons. The van der Waals surface area contributed by atoms with E-state index in [1.165, 1.54) is 12.8 Å². The normalized spacial score (nSPS) is 23.2. The van der Waals surface area contributed by atoms with E-state index < -0.39 is 11.3 Å². The first-order chi connectivity index (χ1) is 6.24. The molecule has 0 aliphatic carbocycles. The van der Waals surface area contributed by atoms with Crippen molar-refractivity contribution in [3.63, 3.8) is 0 Å². The van der Waals surface area contributed by atoms with Crippen LogP contribution >= 0.6 is 0 Å². The molecule has 1 rings (SSSR count). The lowest BCUT2D eigenvalue weighted by Gasteiger charge is -2.31. The Hall–Kier alpha value is 0.0300. The van der Waals surface area contributed by atoms with Gasteiger partial charge in [-0.25, -0.2) is 4.21 Å². The minimum atomic E-state index is -1.77. The number of unbranched alkanes of at least 4 members (excludes halogenated alkanes) is 1. The van der Waals surface area contributed by atoms with Crippen LogP contribution in [0.4, 0.5) is 0 Å². The van der Waals surface area contributed by atoms with Crippen LogP contribution in [0.2, 0.25) is 0 Å². The van der Waals surface area contributed by atoms with Gasteiger partial charge in [-0.3, -0.25) is 4.55 Å². The first-order valence-corrected chi connectivity index (χ1v) is 5.88. The van der Waals surface area contributed by atoms with E-state index in [0.717, 1.165) is 19.6 Å². The van der Waals surface area contributed by atoms with Crippen LogP contribution in [0, 0.1) is 0 Å². The summed E-state index contributed by atoms with van der Waals surface area (Å²) >= 11 is -1.77. The minimum absolute atomic E-state index is 0.715. The molecule has 1 unspecified atom stereocenters. The van der Waals surface area contributed by atoms with Crippen LogP contribution in [0.5, 0.6) is 0 Å². The van der Waals surface area contributed by atoms with E-state index in [1.54, 1.807) is 4.31 Å². The number of hydrogen-bond donors (Lipinski definition) is 1. The Kier molecular flexibility index (Phi) is 4.87. The van der Waals surface area contributed by atoms with Crippen molar-refractivity contribution in [2.45, 2.75) is 19.8 Å². The Labute approximate surface area is 82.3 Å². The molecule has 1 N–H and O–H groups in total. The molecule has 5 heteroatoms. The van der Waals surface area contributed by atoms with Gasteiger partial charge in [-0.15, -0.1) is 0 Å². The molecule has 0 aromatic rings. The van der Waals surface area contributed by atoms with Gasteiger partial charge in [0.15, 0.2) is 0 Å². The molecule has 0 radical (unpaired) electrons. The molecule has 1 aliphatic heterocycles. The van der Waals surface area contributed by atoms with Crippen molar-refractivity contribution in [3.05, 3.63) is 0 Å². The van der Waals surface area contributed by atoms with Crippen molar-refractivity contribution in [2.24, 2.45) is 0 Å². The second kappa shape index (κ2) is 5.70. The molecule has 1 atom stereocenters. The average molecular weight is 206 g/mol. The van der Waals surface area contributed by atoms with Gasteiger partial charge in [0.05, 0.1) is 0 Å². The highest BCUT2D eigenvalue weighted by Crippen LogP contribution is 2.04. The van der Waals surface area contributed by atoms with E-state index in [4.69, 9.17) is 4.55 Å². The predicted molar refractivity (Wildman–Crippen MR) is 53.7 cm³/mol. The maximum absolute atomic E-state index is 10.7. The number of nitrogens with zero attached hydrogens (tertiary/aromatic N) is 2. The Bertz CT molecular complexity index is 170. The van der Waals surface area contributed by atoms with Crippen LogP contribution in [0.25, 0.3) is 0 Å². The lowest BCUT2D eigenvalue weighted by atomic mass is 10.3. The van der Waals surface area contributed by atoms with Gasteiger partial charge in [0.25, 0.3) is 0 Å². The van der Waals surface area contributed by atoms with Crippen molar-refractivity contribution in [1.29, 1.82) is 0 Å². The molecule has 0 aromatic heterocycles. The minimum Gasteiger partial charge on any atom is -0.301 e. The summed E-state index contributed by atoms with van der Waals surface area (Å²) in [6, 6.07) is 0. The third-order valence-corrected chi connectivity index (χ3v) is 3.19. The molecule has 0 aromatic carbocycles. The summed E-state index contributed by atoms with van der Waals surface area (Å²) in [4.78, 5) is 2.35. The van der Waals surface area contributed by atoms with Crippen molar-refractivity contribution in [2.75, 3.05) is 32.7 Å². The van der Waals surface area contributed by atoms with E-state index in [1.807, 2.05) is 0 Å². The molecule has 1 aliphatic rings. The van der Waals surface area contributed by atoms with Crippen molar-refractivity contribution in [1.82, 2.24) is 9.21 Å². The largest absolute Gasteiger partial charge is 0.301 e. The Morgan fingerprint density at radius 1 is 1.31 bits per heavy atom. The smallest absolute Gasteiger partial charge is 0.234 e.